The summed E-state index contributed by atoms with van der Waals surface area (Å²) in [5, 5.41) is 8.62. The summed E-state index contributed by atoms with van der Waals surface area (Å²) in [5.74, 6) is -1.03. The molecule has 4 nitrogen and oxygen atoms in total. The lowest BCUT2D eigenvalue weighted by atomic mass is 10.3. The van der Waals surface area contributed by atoms with Gasteiger partial charge in [-0.1, -0.05) is 12.1 Å². The molecule has 0 aliphatic carbocycles. The molecule has 0 spiro atoms. The molecule has 1 heterocycles. The lowest BCUT2D eigenvalue weighted by Crippen LogP contribution is -2.00. The first kappa shape index (κ1) is 9.41. The van der Waals surface area contributed by atoms with Crippen molar-refractivity contribution in [3.63, 3.8) is 0 Å². The molecular formula is C9H10N2O2. The van der Waals surface area contributed by atoms with Gasteiger partial charge in [-0.2, -0.15) is 0 Å². The van der Waals surface area contributed by atoms with E-state index in [0.717, 1.165) is 0 Å². The van der Waals surface area contributed by atoms with Gasteiger partial charge in [-0.25, -0.2) is 9.78 Å². The van der Waals surface area contributed by atoms with Gasteiger partial charge >= 0.3 is 5.97 Å². The number of hydrogen-bond acceptors (Lipinski definition) is 3. The number of aromatic nitrogens is 1. The van der Waals surface area contributed by atoms with Crippen LogP contribution in [0.5, 0.6) is 0 Å². The molecule has 1 rings (SSSR count). The molecule has 1 aromatic heterocycles. The maximum atomic E-state index is 10.5. The van der Waals surface area contributed by atoms with Gasteiger partial charge in [-0.15, -0.1) is 0 Å². The van der Waals surface area contributed by atoms with Crippen LogP contribution in [0.25, 0.3) is 6.08 Å². The topological polar surface area (TPSA) is 76.2 Å². The molecule has 0 aliphatic heterocycles. The van der Waals surface area contributed by atoms with Crippen LogP contribution >= 0.6 is 0 Å². The van der Waals surface area contributed by atoms with Crippen molar-refractivity contribution in [2.75, 3.05) is 6.54 Å². The zero-order valence-electron chi connectivity index (χ0n) is 6.97. The Labute approximate surface area is 75.7 Å². The fourth-order valence-electron chi connectivity index (χ4n) is 0.852. The molecule has 0 atom stereocenters. The molecule has 0 radical (unpaired) electrons. The number of carboxylic acids is 1. The number of aromatic carboxylic acids is 1. The molecule has 13 heavy (non-hydrogen) atoms. The van der Waals surface area contributed by atoms with Crippen molar-refractivity contribution in [3.8, 4) is 0 Å². The molecule has 68 valence electrons. The van der Waals surface area contributed by atoms with Crippen LogP contribution in [0.2, 0.25) is 0 Å². The van der Waals surface area contributed by atoms with E-state index in [0.29, 0.717) is 12.2 Å². The van der Waals surface area contributed by atoms with Crippen molar-refractivity contribution in [1.29, 1.82) is 0 Å². The first-order chi connectivity index (χ1) is 6.24. The molecule has 0 fully saturated rings. The summed E-state index contributed by atoms with van der Waals surface area (Å²) >= 11 is 0. The maximum Gasteiger partial charge on any atom is 0.354 e. The molecule has 0 saturated heterocycles. The van der Waals surface area contributed by atoms with Crippen molar-refractivity contribution >= 4 is 12.0 Å². The van der Waals surface area contributed by atoms with Crippen molar-refractivity contribution in [2.24, 2.45) is 5.73 Å². The summed E-state index contributed by atoms with van der Waals surface area (Å²) < 4.78 is 0. The number of nitrogens with two attached hydrogens (primary N) is 1. The van der Waals surface area contributed by atoms with Crippen LogP contribution in [-0.4, -0.2) is 22.6 Å². The molecule has 0 bridgehead atoms. The van der Waals surface area contributed by atoms with E-state index in [1.807, 2.05) is 0 Å². The number of nitrogens with zero attached hydrogens (tertiary/aromatic N) is 1. The summed E-state index contributed by atoms with van der Waals surface area (Å²) in [7, 11) is 0. The molecule has 0 unspecified atom stereocenters. The highest BCUT2D eigenvalue weighted by atomic mass is 16.4. The van der Waals surface area contributed by atoms with Crippen LogP contribution in [0.3, 0.4) is 0 Å². The van der Waals surface area contributed by atoms with Gasteiger partial charge in [-0.3, -0.25) is 0 Å². The fourth-order valence-corrected chi connectivity index (χ4v) is 0.852. The molecule has 4 heteroatoms. The highest BCUT2D eigenvalue weighted by molar-refractivity contribution is 5.85. The predicted octanol–water partition coefficient (Wildman–Crippen LogP) is 0.752. The smallest absolute Gasteiger partial charge is 0.354 e. The molecule has 0 aromatic carbocycles. The van der Waals surface area contributed by atoms with Crippen LogP contribution < -0.4 is 5.73 Å². The Bertz CT molecular complexity index is 334. The second-order valence-corrected chi connectivity index (χ2v) is 2.39. The first-order valence-electron chi connectivity index (χ1n) is 3.81. The monoisotopic (exact) mass is 178 g/mol. The van der Waals surface area contributed by atoms with E-state index in [1.165, 1.54) is 6.07 Å². The summed E-state index contributed by atoms with van der Waals surface area (Å²) in [6.07, 6.45) is 3.40. The third kappa shape index (κ3) is 2.68. The second kappa shape index (κ2) is 4.37. The summed E-state index contributed by atoms with van der Waals surface area (Å²) in [6.45, 7) is 0.416. The first-order valence-corrected chi connectivity index (χ1v) is 3.81. The van der Waals surface area contributed by atoms with E-state index in [9.17, 15) is 4.79 Å². The number of carboxylic acid groups (broad SMARTS) is 1. The third-order valence-corrected chi connectivity index (χ3v) is 1.41. The number of rotatable bonds is 3. The van der Waals surface area contributed by atoms with Crippen molar-refractivity contribution < 1.29 is 9.90 Å². The molecule has 0 amide bonds. The van der Waals surface area contributed by atoms with Gasteiger partial charge in [0.05, 0.1) is 5.69 Å². The van der Waals surface area contributed by atoms with Crippen LogP contribution in [-0.2, 0) is 0 Å². The van der Waals surface area contributed by atoms with Gasteiger partial charge in [0.15, 0.2) is 0 Å². The van der Waals surface area contributed by atoms with E-state index in [1.54, 1.807) is 24.3 Å². The van der Waals surface area contributed by atoms with Crippen LogP contribution in [0.1, 0.15) is 16.2 Å². The average molecular weight is 178 g/mol. The Balaban J connectivity index is 2.92. The molecule has 3 N–H and O–H groups in total. The summed E-state index contributed by atoms with van der Waals surface area (Å²) in [5.41, 5.74) is 5.89. The fraction of sp³-hybridized carbons (Fsp3) is 0.111. The van der Waals surface area contributed by atoms with Crippen LogP contribution in [0, 0.1) is 0 Å². The Morgan fingerprint density at radius 2 is 2.38 bits per heavy atom. The van der Waals surface area contributed by atoms with E-state index >= 15 is 0 Å². The minimum atomic E-state index is -1.03. The maximum absolute atomic E-state index is 10.5. The lowest BCUT2D eigenvalue weighted by Gasteiger charge is -1.95. The quantitative estimate of drug-likeness (QED) is 0.716. The zero-order valence-corrected chi connectivity index (χ0v) is 6.97. The third-order valence-electron chi connectivity index (χ3n) is 1.41. The Hall–Kier alpha value is -1.68. The molecule has 1 aromatic rings. The van der Waals surface area contributed by atoms with Crippen molar-refractivity contribution in [1.82, 2.24) is 4.98 Å². The molecular weight excluding hydrogens is 168 g/mol. The lowest BCUT2D eigenvalue weighted by molar-refractivity contribution is 0.0690. The van der Waals surface area contributed by atoms with Gasteiger partial charge < -0.3 is 10.8 Å². The van der Waals surface area contributed by atoms with Gasteiger partial charge in [0.1, 0.15) is 5.69 Å². The minimum Gasteiger partial charge on any atom is -0.477 e. The zero-order chi connectivity index (χ0) is 9.68. The standard InChI is InChI=1S/C9H10N2O2/c10-6-2-4-7-3-1-5-8(11-7)9(12)13/h1-5H,6,10H2,(H,12,13). The number of hydrogen-bond donors (Lipinski definition) is 2. The van der Waals surface area contributed by atoms with E-state index in [4.69, 9.17) is 10.8 Å². The largest absolute Gasteiger partial charge is 0.477 e. The summed E-state index contributed by atoms with van der Waals surface area (Å²) in [6, 6.07) is 4.81. The van der Waals surface area contributed by atoms with Gasteiger partial charge in [0.2, 0.25) is 0 Å². The van der Waals surface area contributed by atoms with Gasteiger partial charge in [0, 0.05) is 6.54 Å². The number of pyridine rings is 1. The molecule has 0 aliphatic rings. The van der Waals surface area contributed by atoms with E-state index in [2.05, 4.69) is 4.98 Å². The van der Waals surface area contributed by atoms with E-state index < -0.39 is 5.97 Å². The SMILES string of the molecule is NCC=Cc1cccc(C(=O)O)n1. The second-order valence-electron chi connectivity index (χ2n) is 2.39. The molecule has 0 saturated carbocycles. The normalized spacial score (nSPS) is 10.5. The Kier molecular flexibility index (Phi) is 3.16. The van der Waals surface area contributed by atoms with E-state index in [-0.39, 0.29) is 5.69 Å². The minimum absolute atomic E-state index is 0.0409. The van der Waals surface area contributed by atoms with Crippen LogP contribution in [0.4, 0.5) is 0 Å². The van der Waals surface area contributed by atoms with Gasteiger partial charge in [0.25, 0.3) is 0 Å². The number of carbonyl (C=O) groups is 1. The van der Waals surface area contributed by atoms with Crippen molar-refractivity contribution in [3.05, 3.63) is 35.7 Å². The van der Waals surface area contributed by atoms with Crippen LogP contribution in [0.15, 0.2) is 24.3 Å². The highest BCUT2D eigenvalue weighted by Crippen LogP contribution is 2.01. The Morgan fingerprint density at radius 1 is 1.62 bits per heavy atom. The van der Waals surface area contributed by atoms with Crippen molar-refractivity contribution in [2.45, 2.75) is 0 Å². The summed E-state index contributed by atoms with van der Waals surface area (Å²) in [4.78, 5) is 14.4. The predicted molar refractivity (Wildman–Crippen MR) is 49.3 cm³/mol. The Morgan fingerprint density at radius 3 is 3.00 bits per heavy atom. The van der Waals surface area contributed by atoms with Gasteiger partial charge in [-0.05, 0) is 18.2 Å². The average Bonchev–Trinajstić information content (AvgIpc) is 2.15. The highest BCUT2D eigenvalue weighted by Gasteiger charge is 2.02.